The smallest absolute Gasteiger partial charge is 0.261 e. The third-order valence-electron chi connectivity index (χ3n) is 6.41. The molecule has 0 spiro atoms. The zero-order valence-electron chi connectivity index (χ0n) is 20.6. The van der Waals surface area contributed by atoms with Gasteiger partial charge in [0.25, 0.3) is 5.91 Å². The van der Waals surface area contributed by atoms with Crippen LogP contribution in [0.3, 0.4) is 0 Å². The molecule has 1 saturated carbocycles. The number of aryl methyl sites for hydroxylation is 1. The van der Waals surface area contributed by atoms with Crippen molar-refractivity contribution in [1.29, 1.82) is 0 Å². The first-order chi connectivity index (χ1) is 16.4. The predicted molar refractivity (Wildman–Crippen MR) is 131 cm³/mol. The lowest BCUT2D eigenvalue weighted by atomic mass is 9.95. The summed E-state index contributed by atoms with van der Waals surface area (Å²) in [6.07, 6.45) is 5.45. The second-order valence-corrected chi connectivity index (χ2v) is 8.80. The van der Waals surface area contributed by atoms with E-state index in [0.717, 1.165) is 36.8 Å². The van der Waals surface area contributed by atoms with Crippen molar-refractivity contribution < 1.29 is 23.8 Å². The van der Waals surface area contributed by atoms with Gasteiger partial charge >= 0.3 is 0 Å². The van der Waals surface area contributed by atoms with E-state index in [4.69, 9.17) is 14.2 Å². The molecule has 0 saturated heterocycles. The number of carbonyl (C=O) groups excluding carboxylic acids is 2. The molecule has 184 valence electrons. The van der Waals surface area contributed by atoms with Crippen molar-refractivity contribution in [2.24, 2.45) is 0 Å². The van der Waals surface area contributed by atoms with Crippen molar-refractivity contribution >= 4 is 11.8 Å². The number of hydrogen-bond donors (Lipinski definition) is 1. The SMILES string of the molecule is COc1cc(OC)cc(OCC(=O)N(Cc2ccccc2C)[C@H](C)C(=O)NC2CCCCC2)c1. The van der Waals surface area contributed by atoms with Crippen LogP contribution in [-0.2, 0) is 16.1 Å². The fourth-order valence-electron chi connectivity index (χ4n) is 4.22. The van der Waals surface area contributed by atoms with Gasteiger partial charge in [0.1, 0.15) is 23.3 Å². The Bertz CT molecular complexity index is 949. The lowest BCUT2D eigenvalue weighted by molar-refractivity contribution is -0.142. The maximum Gasteiger partial charge on any atom is 0.261 e. The Labute approximate surface area is 202 Å². The Morgan fingerprint density at radius 1 is 1.00 bits per heavy atom. The molecule has 1 fully saturated rings. The van der Waals surface area contributed by atoms with Crippen LogP contribution in [0.5, 0.6) is 17.2 Å². The molecule has 1 N–H and O–H groups in total. The molecule has 0 heterocycles. The van der Waals surface area contributed by atoms with Gasteiger partial charge < -0.3 is 24.4 Å². The Balaban J connectivity index is 1.74. The number of benzene rings is 2. The third-order valence-corrected chi connectivity index (χ3v) is 6.41. The molecular weight excluding hydrogens is 432 g/mol. The first kappa shape index (κ1) is 25.4. The highest BCUT2D eigenvalue weighted by atomic mass is 16.5. The Morgan fingerprint density at radius 3 is 2.24 bits per heavy atom. The van der Waals surface area contributed by atoms with Crippen LogP contribution in [0, 0.1) is 6.92 Å². The van der Waals surface area contributed by atoms with Crippen molar-refractivity contribution in [2.75, 3.05) is 20.8 Å². The van der Waals surface area contributed by atoms with Gasteiger partial charge in [0.2, 0.25) is 5.91 Å². The average molecular weight is 469 g/mol. The fraction of sp³-hybridized carbons (Fsp3) is 0.481. The number of rotatable bonds is 10. The maximum absolute atomic E-state index is 13.3. The standard InChI is InChI=1S/C27H36N2O5/c1-19-10-8-9-11-21(19)17-29(20(2)27(31)28-22-12-6-5-7-13-22)26(30)18-34-25-15-23(32-3)14-24(16-25)33-4/h8-11,14-16,20,22H,5-7,12-13,17-18H2,1-4H3,(H,28,31)/t20-/m1/s1. The molecule has 3 rings (SSSR count). The molecule has 1 aliphatic carbocycles. The molecule has 1 aliphatic rings. The Hall–Kier alpha value is -3.22. The molecule has 1 atom stereocenters. The summed E-state index contributed by atoms with van der Waals surface area (Å²) in [5.41, 5.74) is 2.06. The van der Waals surface area contributed by atoms with E-state index in [0.29, 0.717) is 23.8 Å². The summed E-state index contributed by atoms with van der Waals surface area (Å²) in [6.45, 7) is 3.91. The monoisotopic (exact) mass is 468 g/mol. The molecule has 7 heteroatoms. The lowest BCUT2D eigenvalue weighted by Gasteiger charge is -2.31. The number of nitrogens with one attached hydrogen (secondary N) is 1. The zero-order chi connectivity index (χ0) is 24.5. The van der Waals surface area contributed by atoms with Gasteiger partial charge in [-0.05, 0) is 37.8 Å². The molecule has 2 amide bonds. The number of nitrogens with zero attached hydrogens (tertiary/aromatic N) is 1. The molecule has 0 aliphatic heterocycles. The number of hydrogen-bond acceptors (Lipinski definition) is 5. The zero-order valence-corrected chi connectivity index (χ0v) is 20.6. The largest absolute Gasteiger partial charge is 0.496 e. The highest BCUT2D eigenvalue weighted by molar-refractivity contribution is 5.88. The Kier molecular flexibility index (Phi) is 9.19. The normalized spacial score (nSPS) is 14.7. The van der Waals surface area contributed by atoms with Gasteiger partial charge in [-0.15, -0.1) is 0 Å². The number of methoxy groups -OCH3 is 2. The van der Waals surface area contributed by atoms with Crippen LogP contribution in [0.2, 0.25) is 0 Å². The van der Waals surface area contributed by atoms with Gasteiger partial charge in [0, 0.05) is 30.8 Å². The van der Waals surface area contributed by atoms with E-state index < -0.39 is 6.04 Å². The second-order valence-electron chi connectivity index (χ2n) is 8.80. The van der Waals surface area contributed by atoms with Gasteiger partial charge in [0.05, 0.1) is 14.2 Å². The van der Waals surface area contributed by atoms with Crippen LogP contribution in [0.15, 0.2) is 42.5 Å². The van der Waals surface area contributed by atoms with Crippen LogP contribution in [0.25, 0.3) is 0 Å². The van der Waals surface area contributed by atoms with Gasteiger partial charge in [-0.25, -0.2) is 0 Å². The molecule has 7 nitrogen and oxygen atoms in total. The summed E-state index contributed by atoms with van der Waals surface area (Å²) in [5, 5.41) is 3.15. The van der Waals surface area contributed by atoms with Crippen molar-refractivity contribution in [3.05, 3.63) is 53.6 Å². The summed E-state index contributed by atoms with van der Waals surface area (Å²) >= 11 is 0. The van der Waals surface area contributed by atoms with E-state index in [1.54, 1.807) is 44.2 Å². The highest BCUT2D eigenvalue weighted by Crippen LogP contribution is 2.27. The average Bonchev–Trinajstić information content (AvgIpc) is 2.86. The molecule has 2 aromatic rings. The van der Waals surface area contributed by atoms with Crippen molar-refractivity contribution in [2.45, 2.75) is 64.6 Å². The fourth-order valence-corrected chi connectivity index (χ4v) is 4.22. The van der Waals surface area contributed by atoms with E-state index in [1.807, 2.05) is 31.2 Å². The predicted octanol–water partition coefficient (Wildman–Crippen LogP) is 4.26. The van der Waals surface area contributed by atoms with Crippen LogP contribution in [-0.4, -0.2) is 49.6 Å². The third kappa shape index (κ3) is 6.89. The number of carbonyl (C=O) groups is 2. The summed E-state index contributed by atoms with van der Waals surface area (Å²) in [4.78, 5) is 28.0. The summed E-state index contributed by atoms with van der Waals surface area (Å²) < 4.78 is 16.4. The van der Waals surface area contributed by atoms with Crippen LogP contribution in [0.1, 0.15) is 50.2 Å². The van der Waals surface area contributed by atoms with Crippen molar-refractivity contribution in [1.82, 2.24) is 10.2 Å². The minimum absolute atomic E-state index is 0.128. The van der Waals surface area contributed by atoms with E-state index in [9.17, 15) is 9.59 Å². The number of ether oxygens (including phenoxy) is 3. The molecular formula is C27H36N2O5. The maximum atomic E-state index is 13.3. The molecule has 0 aromatic heterocycles. The topological polar surface area (TPSA) is 77.1 Å². The van der Waals surface area contributed by atoms with Gasteiger partial charge in [-0.3, -0.25) is 9.59 Å². The Morgan fingerprint density at radius 2 is 1.62 bits per heavy atom. The molecule has 34 heavy (non-hydrogen) atoms. The van der Waals surface area contributed by atoms with E-state index in [-0.39, 0.29) is 24.5 Å². The van der Waals surface area contributed by atoms with Gasteiger partial charge in [0.15, 0.2) is 6.61 Å². The quantitative estimate of drug-likeness (QED) is 0.564. The molecule has 0 radical (unpaired) electrons. The summed E-state index contributed by atoms with van der Waals surface area (Å²) in [5.74, 6) is 1.20. The van der Waals surface area contributed by atoms with E-state index in [2.05, 4.69) is 5.32 Å². The first-order valence-corrected chi connectivity index (χ1v) is 11.9. The first-order valence-electron chi connectivity index (χ1n) is 11.9. The van der Waals surface area contributed by atoms with E-state index >= 15 is 0 Å². The molecule has 0 unspecified atom stereocenters. The second kappa shape index (κ2) is 12.3. The minimum atomic E-state index is -0.627. The van der Waals surface area contributed by atoms with Crippen LogP contribution >= 0.6 is 0 Å². The molecule has 2 aromatic carbocycles. The highest BCUT2D eigenvalue weighted by Gasteiger charge is 2.28. The minimum Gasteiger partial charge on any atom is -0.496 e. The lowest BCUT2D eigenvalue weighted by Crippen LogP contribution is -2.51. The molecule has 0 bridgehead atoms. The summed E-state index contributed by atoms with van der Waals surface area (Å²) in [6, 6.07) is 12.6. The van der Waals surface area contributed by atoms with Crippen LogP contribution in [0.4, 0.5) is 0 Å². The number of amides is 2. The van der Waals surface area contributed by atoms with Crippen LogP contribution < -0.4 is 19.5 Å². The summed E-state index contributed by atoms with van der Waals surface area (Å²) in [7, 11) is 3.11. The van der Waals surface area contributed by atoms with Gasteiger partial charge in [-0.1, -0.05) is 43.5 Å². The van der Waals surface area contributed by atoms with Gasteiger partial charge in [-0.2, -0.15) is 0 Å². The van der Waals surface area contributed by atoms with E-state index in [1.165, 1.54) is 6.42 Å². The van der Waals surface area contributed by atoms with Crippen molar-refractivity contribution in [3.63, 3.8) is 0 Å². The van der Waals surface area contributed by atoms with Crippen molar-refractivity contribution in [3.8, 4) is 17.2 Å².